The highest BCUT2D eigenvalue weighted by Crippen LogP contribution is 2.30. The molecule has 6 heteroatoms. The molecule has 0 N–H and O–H groups in total. The predicted octanol–water partition coefficient (Wildman–Crippen LogP) is 1.07. The molecule has 1 rings (SSSR count). The highest BCUT2D eigenvalue weighted by molar-refractivity contribution is 8.13. The van der Waals surface area contributed by atoms with Crippen molar-refractivity contribution in [3.05, 3.63) is 0 Å². The third-order valence-electron chi connectivity index (χ3n) is 2.24. The number of hydrogen-bond acceptors (Lipinski definition) is 4. The van der Waals surface area contributed by atoms with Crippen molar-refractivity contribution in [1.82, 2.24) is 9.91 Å². The van der Waals surface area contributed by atoms with Gasteiger partial charge in [-0.05, 0) is 20.1 Å². The fourth-order valence-electron chi connectivity index (χ4n) is 1.69. The van der Waals surface area contributed by atoms with Crippen molar-refractivity contribution in [2.24, 2.45) is 5.10 Å². The summed E-state index contributed by atoms with van der Waals surface area (Å²) in [6, 6.07) is 0. The summed E-state index contributed by atoms with van der Waals surface area (Å²) >= 11 is 1.35. The van der Waals surface area contributed by atoms with Gasteiger partial charge in [-0.2, -0.15) is 0 Å². The molecule has 5 nitrogen and oxygen atoms in total. The van der Waals surface area contributed by atoms with Crippen molar-refractivity contribution in [2.45, 2.75) is 33.4 Å². The smallest absolute Gasteiger partial charge is 0.241 e. The molecule has 0 saturated heterocycles. The van der Waals surface area contributed by atoms with Crippen molar-refractivity contribution in [3.63, 3.8) is 0 Å². The van der Waals surface area contributed by atoms with Crippen LogP contribution in [0.15, 0.2) is 5.10 Å². The first kappa shape index (κ1) is 12.0. The zero-order valence-electron chi connectivity index (χ0n) is 9.57. The van der Waals surface area contributed by atoms with Gasteiger partial charge in [0.1, 0.15) is 5.66 Å². The summed E-state index contributed by atoms with van der Waals surface area (Å²) in [6.07, 6.45) is 1.83. The highest BCUT2D eigenvalue weighted by Gasteiger charge is 2.45. The summed E-state index contributed by atoms with van der Waals surface area (Å²) < 4.78 is 0. The number of carbonyl (C=O) groups excluding carboxylic acids is 2. The lowest BCUT2D eigenvalue weighted by Crippen LogP contribution is -2.53. The monoisotopic (exact) mass is 229 g/mol. The molecule has 0 fully saturated rings. The molecule has 0 saturated carbocycles. The van der Waals surface area contributed by atoms with E-state index in [1.54, 1.807) is 13.8 Å². The molecule has 0 atom stereocenters. The Hall–Kier alpha value is -1.04. The van der Waals surface area contributed by atoms with E-state index >= 15 is 0 Å². The molecular formula is C9H15N3O2S. The molecule has 84 valence electrons. The molecular weight excluding hydrogens is 214 g/mol. The lowest BCUT2D eigenvalue weighted by Gasteiger charge is -2.35. The zero-order chi connectivity index (χ0) is 11.8. The Morgan fingerprint density at radius 3 is 2.07 bits per heavy atom. The predicted molar refractivity (Wildman–Crippen MR) is 60.1 cm³/mol. The second kappa shape index (κ2) is 3.84. The van der Waals surface area contributed by atoms with Crippen molar-refractivity contribution in [1.29, 1.82) is 0 Å². The van der Waals surface area contributed by atoms with E-state index in [-0.39, 0.29) is 11.8 Å². The Morgan fingerprint density at radius 2 is 1.80 bits per heavy atom. The number of thioether (sulfide) groups is 1. The SMILES string of the molecule is CSC1=NN(C(C)=O)C(C)(C)N1C(C)=O. The van der Waals surface area contributed by atoms with Crippen LogP contribution in [0.25, 0.3) is 0 Å². The summed E-state index contributed by atoms with van der Waals surface area (Å²) in [5.74, 6) is -0.285. The second-order valence-corrected chi connectivity index (χ2v) is 4.54. The first-order valence-corrected chi connectivity index (χ1v) is 5.79. The number of hydrogen-bond donors (Lipinski definition) is 0. The fraction of sp³-hybridized carbons (Fsp3) is 0.667. The third kappa shape index (κ3) is 1.86. The van der Waals surface area contributed by atoms with Crippen molar-refractivity contribution >= 4 is 28.7 Å². The zero-order valence-corrected chi connectivity index (χ0v) is 10.4. The van der Waals surface area contributed by atoms with E-state index in [1.165, 1.54) is 35.5 Å². The average molecular weight is 229 g/mol. The number of amides is 2. The number of nitrogens with zero attached hydrogens (tertiary/aromatic N) is 3. The molecule has 0 bridgehead atoms. The van der Waals surface area contributed by atoms with E-state index in [0.29, 0.717) is 5.17 Å². The Kier molecular flexibility index (Phi) is 3.08. The van der Waals surface area contributed by atoms with Gasteiger partial charge < -0.3 is 0 Å². The fourth-order valence-corrected chi connectivity index (χ4v) is 2.39. The van der Waals surface area contributed by atoms with Crippen LogP contribution in [0.2, 0.25) is 0 Å². The average Bonchev–Trinajstić information content (AvgIpc) is 2.36. The van der Waals surface area contributed by atoms with E-state index in [0.717, 1.165) is 0 Å². The van der Waals surface area contributed by atoms with Crippen LogP contribution in [0.4, 0.5) is 0 Å². The molecule has 1 heterocycles. The van der Waals surface area contributed by atoms with Crippen molar-refractivity contribution in [2.75, 3.05) is 6.26 Å². The first-order valence-electron chi connectivity index (χ1n) is 4.56. The van der Waals surface area contributed by atoms with Gasteiger partial charge in [0.25, 0.3) is 0 Å². The van der Waals surface area contributed by atoms with Crippen LogP contribution in [0.5, 0.6) is 0 Å². The lowest BCUT2D eigenvalue weighted by molar-refractivity contribution is -0.142. The van der Waals surface area contributed by atoms with Gasteiger partial charge >= 0.3 is 0 Å². The Bertz CT molecular complexity index is 338. The van der Waals surface area contributed by atoms with E-state index < -0.39 is 5.66 Å². The van der Waals surface area contributed by atoms with Gasteiger partial charge in [0.05, 0.1) is 0 Å². The van der Waals surface area contributed by atoms with Gasteiger partial charge in [-0.15, -0.1) is 5.10 Å². The molecule has 0 aromatic rings. The maximum Gasteiger partial charge on any atom is 0.241 e. The van der Waals surface area contributed by atoms with E-state index in [1.807, 2.05) is 6.26 Å². The quantitative estimate of drug-likeness (QED) is 0.624. The van der Waals surface area contributed by atoms with Crippen LogP contribution < -0.4 is 0 Å². The topological polar surface area (TPSA) is 53.0 Å². The minimum absolute atomic E-state index is 0.114. The number of hydrazone groups is 1. The molecule has 1 aliphatic rings. The van der Waals surface area contributed by atoms with Gasteiger partial charge in [0, 0.05) is 13.8 Å². The molecule has 0 unspecified atom stereocenters. The molecule has 0 aliphatic carbocycles. The molecule has 0 aromatic carbocycles. The maximum atomic E-state index is 11.5. The van der Waals surface area contributed by atoms with E-state index in [4.69, 9.17) is 0 Å². The summed E-state index contributed by atoms with van der Waals surface area (Å²) in [4.78, 5) is 24.4. The molecule has 0 aromatic heterocycles. The van der Waals surface area contributed by atoms with Crippen LogP contribution in [0.1, 0.15) is 27.7 Å². The number of amidine groups is 1. The summed E-state index contributed by atoms with van der Waals surface area (Å²) in [5.41, 5.74) is -0.712. The first-order chi connectivity index (χ1) is 6.82. The number of carbonyl (C=O) groups is 2. The van der Waals surface area contributed by atoms with E-state index in [2.05, 4.69) is 5.10 Å². The van der Waals surface area contributed by atoms with Crippen LogP contribution in [-0.2, 0) is 9.59 Å². The highest BCUT2D eigenvalue weighted by atomic mass is 32.2. The molecule has 1 aliphatic heterocycles. The van der Waals surface area contributed by atoms with E-state index in [9.17, 15) is 9.59 Å². The minimum atomic E-state index is -0.712. The van der Waals surface area contributed by atoms with Gasteiger partial charge in [-0.3, -0.25) is 14.5 Å². The van der Waals surface area contributed by atoms with Crippen LogP contribution in [0.3, 0.4) is 0 Å². The Labute approximate surface area is 93.5 Å². The van der Waals surface area contributed by atoms with Crippen molar-refractivity contribution < 1.29 is 9.59 Å². The summed E-state index contributed by atoms with van der Waals surface area (Å²) in [7, 11) is 0. The van der Waals surface area contributed by atoms with Crippen molar-refractivity contribution in [3.8, 4) is 0 Å². The van der Waals surface area contributed by atoms with Crippen LogP contribution >= 0.6 is 11.8 Å². The number of rotatable bonds is 0. The largest absolute Gasteiger partial charge is 0.275 e. The van der Waals surface area contributed by atoms with Gasteiger partial charge in [0.15, 0.2) is 5.17 Å². The Balaban J connectivity index is 3.15. The van der Waals surface area contributed by atoms with Crippen LogP contribution in [-0.4, -0.2) is 38.8 Å². The molecule has 0 radical (unpaired) electrons. The molecule has 2 amide bonds. The maximum absolute atomic E-state index is 11.5. The molecule has 15 heavy (non-hydrogen) atoms. The van der Waals surface area contributed by atoms with Gasteiger partial charge in [-0.25, -0.2) is 5.01 Å². The Morgan fingerprint density at radius 1 is 1.27 bits per heavy atom. The second-order valence-electron chi connectivity index (χ2n) is 3.77. The van der Waals surface area contributed by atoms with Gasteiger partial charge in [-0.1, -0.05) is 11.8 Å². The minimum Gasteiger partial charge on any atom is -0.275 e. The summed E-state index contributed by atoms with van der Waals surface area (Å²) in [5, 5.41) is 6.02. The lowest BCUT2D eigenvalue weighted by atomic mass is 10.2. The molecule has 0 spiro atoms. The van der Waals surface area contributed by atoms with Gasteiger partial charge in [0.2, 0.25) is 11.8 Å². The third-order valence-corrected chi connectivity index (χ3v) is 2.87. The normalized spacial score (nSPS) is 19.1. The summed E-state index contributed by atoms with van der Waals surface area (Å²) in [6.45, 7) is 6.50. The standard InChI is InChI=1S/C9H15N3O2S/c1-6(13)11-8(15-5)10-12(7(2)14)9(11,3)4/h1-5H3. The van der Waals surface area contributed by atoms with Crippen LogP contribution in [0, 0.1) is 0 Å².